The van der Waals surface area contributed by atoms with Crippen LogP contribution in [0.5, 0.6) is 0 Å². The molecule has 0 amide bonds. The number of allylic oxidation sites excluding steroid dienone is 6. The van der Waals surface area contributed by atoms with E-state index in [0.29, 0.717) is 12.8 Å². The highest BCUT2D eigenvalue weighted by molar-refractivity contribution is 8.04. The van der Waals surface area contributed by atoms with Crippen molar-refractivity contribution in [1.29, 1.82) is 0 Å². The average molecular weight is 335 g/mol. The second-order valence-corrected chi connectivity index (χ2v) is 7.93. The Morgan fingerprint density at radius 1 is 1.09 bits per heavy atom. The van der Waals surface area contributed by atoms with Crippen molar-refractivity contribution in [2.75, 3.05) is 0 Å². The zero-order valence-corrected chi connectivity index (χ0v) is 13.6. The maximum atomic E-state index is 14.0. The summed E-state index contributed by atoms with van der Waals surface area (Å²) < 4.78 is 40.6. The van der Waals surface area contributed by atoms with Crippen LogP contribution in [0.2, 0.25) is 0 Å². The van der Waals surface area contributed by atoms with Gasteiger partial charge in [0.25, 0.3) is 0 Å². The first kappa shape index (κ1) is 16.2. The Morgan fingerprint density at radius 2 is 1.78 bits per heavy atom. The Labute approximate surface area is 137 Å². The van der Waals surface area contributed by atoms with Crippen molar-refractivity contribution in [1.82, 2.24) is 0 Å². The molecule has 0 radical (unpaired) electrons. The van der Waals surface area contributed by atoms with Crippen molar-refractivity contribution in [2.24, 2.45) is 0 Å². The van der Waals surface area contributed by atoms with Gasteiger partial charge in [-0.2, -0.15) is 0 Å². The molecule has 0 aliphatic heterocycles. The largest absolute Gasteiger partial charge is 0.243 e. The van der Waals surface area contributed by atoms with Crippen LogP contribution >= 0.6 is 0 Å². The summed E-state index contributed by atoms with van der Waals surface area (Å²) in [5.74, 6) is -0.293. The van der Waals surface area contributed by atoms with Crippen LogP contribution in [0.1, 0.15) is 19.8 Å². The maximum absolute atomic E-state index is 14.0. The maximum Gasteiger partial charge on any atom is 0.166 e. The molecular formula is C19H18F3S+. The van der Waals surface area contributed by atoms with E-state index in [2.05, 4.69) is 0 Å². The predicted octanol–water partition coefficient (Wildman–Crippen LogP) is 5.56. The van der Waals surface area contributed by atoms with Crippen molar-refractivity contribution in [3.63, 3.8) is 0 Å². The molecule has 3 atom stereocenters. The molecule has 3 rings (SSSR count). The fourth-order valence-corrected chi connectivity index (χ4v) is 4.70. The molecule has 0 aromatic heterocycles. The monoisotopic (exact) mass is 335 g/mol. The predicted molar refractivity (Wildman–Crippen MR) is 90.1 cm³/mol. The van der Waals surface area contributed by atoms with Gasteiger partial charge in [0.2, 0.25) is 0 Å². The fraction of sp³-hybridized carbons (Fsp3) is 0.263. The molecule has 0 spiro atoms. The molecule has 3 unspecified atom stereocenters. The van der Waals surface area contributed by atoms with Gasteiger partial charge in [-0.05, 0) is 67.6 Å². The van der Waals surface area contributed by atoms with Crippen LogP contribution in [-0.4, -0.2) is 11.8 Å². The molecule has 1 aromatic rings. The lowest BCUT2D eigenvalue weighted by Crippen LogP contribution is -2.19. The van der Waals surface area contributed by atoms with Crippen LogP contribution in [0.4, 0.5) is 13.2 Å². The minimum absolute atomic E-state index is 0.293. The average Bonchev–Trinajstić information content (AvgIpc) is 2.53. The normalized spacial score (nSPS) is 28.3. The Morgan fingerprint density at radius 3 is 2.35 bits per heavy atom. The molecule has 0 saturated heterocycles. The van der Waals surface area contributed by atoms with Crippen molar-refractivity contribution in [2.45, 2.75) is 36.5 Å². The van der Waals surface area contributed by atoms with Crippen LogP contribution in [0.15, 0.2) is 75.4 Å². The highest BCUT2D eigenvalue weighted by Gasteiger charge is 2.35. The van der Waals surface area contributed by atoms with Gasteiger partial charge in [-0.3, -0.25) is 0 Å². The van der Waals surface area contributed by atoms with E-state index in [9.17, 15) is 13.2 Å². The highest BCUT2D eigenvalue weighted by Crippen LogP contribution is 2.37. The Bertz CT molecular complexity index is 696. The molecule has 0 heterocycles. The summed E-state index contributed by atoms with van der Waals surface area (Å²) in [6.45, 7) is 1.54. The number of rotatable bonds is 3. The summed E-state index contributed by atoms with van der Waals surface area (Å²) in [5, 5.41) is 0. The Kier molecular flexibility index (Phi) is 4.53. The third kappa shape index (κ3) is 3.81. The molecule has 2 aliphatic carbocycles. The first-order chi connectivity index (χ1) is 10.9. The van der Waals surface area contributed by atoms with Crippen LogP contribution in [0.25, 0.3) is 0 Å². The lowest BCUT2D eigenvalue weighted by Gasteiger charge is -2.19. The number of alkyl halides is 2. The van der Waals surface area contributed by atoms with E-state index < -0.39 is 22.7 Å². The first-order valence-electron chi connectivity index (χ1n) is 7.55. The topological polar surface area (TPSA) is 0 Å². The first-order valence-corrected chi connectivity index (χ1v) is 8.78. The molecular weight excluding hydrogens is 317 g/mol. The van der Waals surface area contributed by atoms with Crippen LogP contribution in [0, 0.1) is 5.82 Å². The lowest BCUT2D eigenvalue weighted by molar-refractivity contribution is 0.259. The van der Waals surface area contributed by atoms with E-state index in [0.717, 1.165) is 14.7 Å². The summed E-state index contributed by atoms with van der Waals surface area (Å²) in [7, 11) is -0.469. The smallest absolute Gasteiger partial charge is 0.166 e. The quantitative estimate of drug-likeness (QED) is 0.635. The molecule has 0 bridgehead atoms. The number of halogens is 3. The molecule has 0 N–H and O–H groups in total. The molecule has 2 aliphatic rings. The van der Waals surface area contributed by atoms with Gasteiger partial charge in [0, 0.05) is 12.8 Å². The van der Waals surface area contributed by atoms with Gasteiger partial charge in [0.15, 0.2) is 14.7 Å². The molecule has 0 saturated carbocycles. The molecule has 4 heteroatoms. The molecule has 0 fully saturated rings. The van der Waals surface area contributed by atoms with Crippen LogP contribution in [-0.2, 0) is 10.9 Å². The lowest BCUT2D eigenvalue weighted by atomic mass is 10.0. The van der Waals surface area contributed by atoms with Crippen molar-refractivity contribution >= 4 is 10.9 Å². The third-order valence-electron chi connectivity index (χ3n) is 3.83. The summed E-state index contributed by atoms with van der Waals surface area (Å²) in [6.07, 6.45) is 10.2. The van der Waals surface area contributed by atoms with E-state index >= 15 is 0 Å². The zero-order valence-electron chi connectivity index (χ0n) is 12.8. The van der Waals surface area contributed by atoms with Gasteiger partial charge >= 0.3 is 0 Å². The summed E-state index contributed by atoms with van der Waals surface area (Å²) in [5.41, 5.74) is -1.33. The zero-order chi connectivity index (χ0) is 16.4. The van der Waals surface area contributed by atoms with Crippen molar-refractivity contribution < 1.29 is 13.2 Å². The minimum atomic E-state index is -1.33. The third-order valence-corrected chi connectivity index (χ3v) is 6.12. The SMILES string of the molecule is CC1(F)C=CC([S+](C2=CCC(F)C=C2)c2ccc(F)cc2)=CC1. The second-order valence-electron chi connectivity index (χ2n) is 5.90. The van der Waals surface area contributed by atoms with Gasteiger partial charge in [-0.15, -0.1) is 0 Å². The van der Waals surface area contributed by atoms with Gasteiger partial charge in [0.05, 0.1) is 10.9 Å². The molecule has 120 valence electrons. The highest BCUT2D eigenvalue weighted by atomic mass is 32.2. The van der Waals surface area contributed by atoms with E-state index in [4.69, 9.17) is 0 Å². The minimum Gasteiger partial charge on any atom is -0.243 e. The Balaban J connectivity index is 1.98. The number of hydrogen-bond donors (Lipinski definition) is 0. The van der Waals surface area contributed by atoms with Crippen LogP contribution in [0.3, 0.4) is 0 Å². The number of hydrogen-bond acceptors (Lipinski definition) is 0. The van der Waals surface area contributed by atoms with Crippen molar-refractivity contribution in [3.8, 4) is 0 Å². The Hall–Kier alpha value is -1.68. The standard InChI is InChI=1S/C19H18F3S/c1-19(22)12-10-18(11-13-19)23(16-6-2-14(20)3-7-16)17-8-4-15(21)5-9-17/h2-4,6-12,15H,5,13H2,1H3/q+1. The summed E-state index contributed by atoms with van der Waals surface area (Å²) in [6, 6.07) is 6.33. The summed E-state index contributed by atoms with van der Waals surface area (Å²) in [4.78, 5) is 2.92. The van der Waals surface area contributed by atoms with Crippen LogP contribution < -0.4 is 0 Å². The van der Waals surface area contributed by atoms with E-state index in [1.807, 2.05) is 12.2 Å². The molecule has 23 heavy (non-hydrogen) atoms. The van der Waals surface area contributed by atoms with E-state index in [-0.39, 0.29) is 5.82 Å². The van der Waals surface area contributed by atoms with Gasteiger partial charge in [-0.1, -0.05) is 0 Å². The fourth-order valence-electron chi connectivity index (χ4n) is 2.55. The van der Waals surface area contributed by atoms with E-state index in [1.54, 1.807) is 43.4 Å². The van der Waals surface area contributed by atoms with Gasteiger partial charge < -0.3 is 0 Å². The second kappa shape index (κ2) is 6.44. The molecule has 0 nitrogen and oxygen atoms in total. The van der Waals surface area contributed by atoms with E-state index in [1.165, 1.54) is 12.1 Å². The summed E-state index contributed by atoms with van der Waals surface area (Å²) >= 11 is 0. The van der Waals surface area contributed by atoms with Gasteiger partial charge in [-0.25, -0.2) is 13.2 Å². The number of benzene rings is 1. The van der Waals surface area contributed by atoms with Crippen molar-refractivity contribution in [3.05, 3.63) is 76.3 Å². The molecule has 1 aromatic carbocycles. The van der Waals surface area contributed by atoms with Gasteiger partial charge in [0.1, 0.15) is 17.7 Å².